The predicted octanol–water partition coefficient (Wildman–Crippen LogP) is 3.19. The maximum absolute atomic E-state index is 11.9. The summed E-state index contributed by atoms with van der Waals surface area (Å²) in [5.41, 5.74) is 0.728. The van der Waals surface area contributed by atoms with Gasteiger partial charge in [0.05, 0.1) is 22.9 Å². The van der Waals surface area contributed by atoms with Gasteiger partial charge < -0.3 is 10.1 Å². The van der Waals surface area contributed by atoms with Gasteiger partial charge in [-0.25, -0.2) is 8.42 Å². The summed E-state index contributed by atoms with van der Waals surface area (Å²) in [7, 11) is -1.65. The van der Waals surface area contributed by atoms with Crippen LogP contribution >= 0.6 is 27.5 Å². The fraction of sp³-hybridized carbons (Fsp3) is 0.538. The van der Waals surface area contributed by atoms with E-state index in [2.05, 4.69) is 21.2 Å². The number of methoxy groups -OCH3 is 1. The first-order chi connectivity index (χ1) is 9.22. The van der Waals surface area contributed by atoms with Crippen molar-refractivity contribution < 1.29 is 13.2 Å². The van der Waals surface area contributed by atoms with Gasteiger partial charge in [-0.2, -0.15) is 0 Å². The standard InChI is InChI=1S/C13H19BrClNO3S/c1-5-16-12(8(2)20(4,17)18)10-6-9(15)7-11(14)13(10)19-3/h6-8,12,16H,5H2,1-4H3. The number of hydrogen-bond acceptors (Lipinski definition) is 4. The Bertz CT molecular complexity index is 577. The Morgan fingerprint density at radius 1 is 1.45 bits per heavy atom. The van der Waals surface area contributed by atoms with Gasteiger partial charge in [0.2, 0.25) is 0 Å². The maximum atomic E-state index is 11.9. The topological polar surface area (TPSA) is 55.4 Å². The second-order valence-corrected chi connectivity index (χ2v) is 8.27. The lowest BCUT2D eigenvalue weighted by molar-refractivity contribution is 0.395. The quantitative estimate of drug-likeness (QED) is 0.818. The molecule has 0 spiro atoms. The van der Waals surface area contributed by atoms with Gasteiger partial charge in [-0.05, 0) is 41.5 Å². The largest absolute Gasteiger partial charge is 0.495 e. The van der Waals surface area contributed by atoms with Crippen LogP contribution in [0.15, 0.2) is 16.6 Å². The van der Waals surface area contributed by atoms with Crippen LogP contribution < -0.4 is 10.1 Å². The van der Waals surface area contributed by atoms with Crippen molar-refractivity contribution in [2.75, 3.05) is 19.9 Å². The second kappa shape index (κ2) is 7.11. The minimum Gasteiger partial charge on any atom is -0.495 e. The summed E-state index contributed by atoms with van der Waals surface area (Å²) < 4.78 is 29.8. The highest BCUT2D eigenvalue weighted by molar-refractivity contribution is 9.10. The van der Waals surface area contributed by atoms with Crippen LogP contribution in [0.5, 0.6) is 5.75 Å². The van der Waals surface area contributed by atoms with Gasteiger partial charge in [0.25, 0.3) is 0 Å². The number of benzene rings is 1. The van der Waals surface area contributed by atoms with E-state index in [-0.39, 0.29) is 6.04 Å². The summed E-state index contributed by atoms with van der Waals surface area (Å²) in [6.45, 7) is 4.24. The summed E-state index contributed by atoms with van der Waals surface area (Å²) in [6.07, 6.45) is 1.23. The van der Waals surface area contributed by atoms with Crippen molar-refractivity contribution in [2.45, 2.75) is 25.1 Å². The van der Waals surface area contributed by atoms with E-state index in [1.54, 1.807) is 26.2 Å². The Morgan fingerprint density at radius 3 is 2.50 bits per heavy atom. The van der Waals surface area contributed by atoms with E-state index in [0.29, 0.717) is 21.8 Å². The third-order valence-electron chi connectivity index (χ3n) is 3.15. The number of nitrogens with one attached hydrogen (secondary N) is 1. The Morgan fingerprint density at radius 2 is 2.05 bits per heavy atom. The molecule has 2 unspecified atom stereocenters. The van der Waals surface area contributed by atoms with Crippen molar-refractivity contribution >= 4 is 37.4 Å². The molecule has 0 saturated heterocycles. The summed E-state index contributed by atoms with van der Waals surface area (Å²) in [6, 6.07) is 3.07. The van der Waals surface area contributed by atoms with Crippen molar-refractivity contribution in [2.24, 2.45) is 0 Å². The number of hydrogen-bond donors (Lipinski definition) is 1. The molecule has 0 radical (unpaired) electrons. The third-order valence-corrected chi connectivity index (χ3v) is 5.58. The van der Waals surface area contributed by atoms with Crippen LogP contribution in [-0.4, -0.2) is 33.6 Å². The van der Waals surface area contributed by atoms with E-state index >= 15 is 0 Å². The molecule has 0 bridgehead atoms. The molecular formula is C13H19BrClNO3S. The second-order valence-electron chi connectivity index (χ2n) is 4.58. The van der Waals surface area contributed by atoms with Crippen LogP contribution in [0.2, 0.25) is 5.02 Å². The molecule has 1 aromatic carbocycles. The molecule has 0 heterocycles. The normalized spacial score (nSPS) is 14.9. The zero-order chi connectivity index (χ0) is 15.5. The molecule has 2 atom stereocenters. The molecule has 0 aliphatic rings. The van der Waals surface area contributed by atoms with Gasteiger partial charge in [-0.15, -0.1) is 0 Å². The summed E-state index contributed by atoms with van der Waals surface area (Å²) in [5, 5.41) is 3.12. The molecule has 1 rings (SSSR count). The highest BCUT2D eigenvalue weighted by Gasteiger charge is 2.30. The van der Waals surface area contributed by atoms with Gasteiger partial charge in [-0.1, -0.05) is 18.5 Å². The van der Waals surface area contributed by atoms with Crippen LogP contribution in [0.1, 0.15) is 25.5 Å². The number of ether oxygens (including phenoxy) is 1. The van der Waals surface area contributed by atoms with Crippen LogP contribution in [0.25, 0.3) is 0 Å². The van der Waals surface area contributed by atoms with Crippen molar-refractivity contribution in [3.8, 4) is 5.75 Å². The zero-order valence-electron chi connectivity index (χ0n) is 11.9. The summed E-state index contributed by atoms with van der Waals surface area (Å²) >= 11 is 9.47. The average Bonchev–Trinajstić information content (AvgIpc) is 2.33. The molecular weight excluding hydrogens is 366 g/mol. The molecule has 1 N–H and O–H groups in total. The Balaban J connectivity index is 3.42. The number of sulfone groups is 1. The molecule has 20 heavy (non-hydrogen) atoms. The van der Waals surface area contributed by atoms with E-state index in [1.165, 1.54) is 6.26 Å². The molecule has 0 aromatic heterocycles. The predicted molar refractivity (Wildman–Crippen MR) is 86.4 cm³/mol. The number of halogens is 2. The van der Waals surface area contributed by atoms with Crippen molar-refractivity contribution in [3.05, 3.63) is 27.2 Å². The minimum absolute atomic E-state index is 0.389. The maximum Gasteiger partial charge on any atom is 0.151 e. The zero-order valence-corrected chi connectivity index (χ0v) is 15.1. The van der Waals surface area contributed by atoms with Gasteiger partial charge in [0.15, 0.2) is 9.84 Å². The first-order valence-corrected chi connectivity index (χ1v) is 9.30. The van der Waals surface area contributed by atoms with Gasteiger partial charge >= 0.3 is 0 Å². The smallest absolute Gasteiger partial charge is 0.151 e. The lowest BCUT2D eigenvalue weighted by atomic mass is 10.0. The SMILES string of the molecule is CCNC(c1cc(Cl)cc(Br)c1OC)C(C)S(C)(=O)=O. The molecule has 7 heteroatoms. The molecule has 1 aromatic rings. The van der Waals surface area contributed by atoms with E-state index < -0.39 is 15.1 Å². The fourth-order valence-corrected chi connectivity index (χ4v) is 3.76. The lowest BCUT2D eigenvalue weighted by Crippen LogP contribution is -2.35. The highest BCUT2D eigenvalue weighted by atomic mass is 79.9. The van der Waals surface area contributed by atoms with Gasteiger partial charge in [0, 0.05) is 16.8 Å². The van der Waals surface area contributed by atoms with Crippen LogP contribution in [0.4, 0.5) is 0 Å². The fourth-order valence-electron chi connectivity index (χ4n) is 2.02. The van der Waals surface area contributed by atoms with Crippen molar-refractivity contribution in [1.29, 1.82) is 0 Å². The Labute approximate surface area is 133 Å². The van der Waals surface area contributed by atoms with E-state index in [4.69, 9.17) is 16.3 Å². The molecule has 0 aliphatic carbocycles. The van der Waals surface area contributed by atoms with E-state index in [9.17, 15) is 8.42 Å². The first kappa shape index (κ1) is 17.8. The van der Waals surface area contributed by atoms with Crippen molar-refractivity contribution in [3.63, 3.8) is 0 Å². The summed E-state index contributed by atoms with van der Waals surface area (Å²) in [4.78, 5) is 0. The van der Waals surface area contributed by atoms with E-state index in [0.717, 1.165) is 5.56 Å². The molecule has 0 amide bonds. The Kier molecular flexibility index (Phi) is 6.31. The summed E-state index contributed by atoms with van der Waals surface area (Å²) in [5.74, 6) is 0.593. The third kappa shape index (κ3) is 4.10. The lowest BCUT2D eigenvalue weighted by Gasteiger charge is -2.26. The molecule has 4 nitrogen and oxygen atoms in total. The average molecular weight is 385 g/mol. The van der Waals surface area contributed by atoms with Crippen LogP contribution in [0.3, 0.4) is 0 Å². The van der Waals surface area contributed by atoms with Crippen LogP contribution in [-0.2, 0) is 9.84 Å². The first-order valence-electron chi connectivity index (χ1n) is 6.17. The van der Waals surface area contributed by atoms with Gasteiger partial charge in [0.1, 0.15) is 5.75 Å². The molecule has 0 saturated carbocycles. The van der Waals surface area contributed by atoms with Crippen molar-refractivity contribution in [1.82, 2.24) is 5.32 Å². The minimum atomic E-state index is -3.20. The van der Waals surface area contributed by atoms with Gasteiger partial charge in [-0.3, -0.25) is 0 Å². The number of rotatable bonds is 6. The van der Waals surface area contributed by atoms with Crippen LogP contribution in [0, 0.1) is 0 Å². The molecule has 114 valence electrons. The van der Waals surface area contributed by atoms with E-state index in [1.807, 2.05) is 6.92 Å². The monoisotopic (exact) mass is 383 g/mol. The molecule has 0 fully saturated rings. The Hall–Kier alpha value is -0.300. The molecule has 0 aliphatic heterocycles. The highest BCUT2D eigenvalue weighted by Crippen LogP contribution is 2.38.